The summed E-state index contributed by atoms with van der Waals surface area (Å²) in [6.07, 6.45) is 0. The van der Waals surface area contributed by atoms with E-state index in [-0.39, 0.29) is 0 Å². The number of nitrogens with zero attached hydrogens (tertiary/aromatic N) is 6. The average Bonchev–Trinajstić information content (AvgIpc) is 3.27. The molecule has 0 atom stereocenters. The normalized spacial score (nSPS) is 11.2. The van der Waals surface area contributed by atoms with E-state index in [4.69, 9.17) is 9.26 Å². The number of aryl methyl sites for hydroxylation is 2. The van der Waals surface area contributed by atoms with Gasteiger partial charge in [-0.05, 0) is 39.0 Å². The van der Waals surface area contributed by atoms with Crippen molar-refractivity contribution in [1.82, 2.24) is 29.7 Å². The Morgan fingerprint density at radius 1 is 1.15 bits per heavy atom. The molecule has 3 aromatic heterocycles. The first-order valence-electron chi connectivity index (χ1n) is 8.52. The third-order valence-electron chi connectivity index (χ3n) is 3.88. The Labute approximate surface area is 160 Å². The minimum atomic E-state index is 0.484. The zero-order valence-corrected chi connectivity index (χ0v) is 16.0. The summed E-state index contributed by atoms with van der Waals surface area (Å²) >= 11 is 1.47. The molecule has 9 heteroatoms. The van der Waals surface area contributed by atoms with Gasteiger partial charge in [0.2, 0.25) is 11.7 Å². The maximum absolute atomic E-state index is 5.64. The lowest BCUT2D eigenvalue weighted by Crippen LogP contribution is -1.97. The Hall–Kier alpha value is -2.94. The lowest BCUT2D eigenvalue weighted by Gasteiger charge is -2.06. The number of thioether (sulfide) groups is 1. The molecule has 0 saturated carbocycles. The third kappa shape index (κ3) is 3.50. The monoisotopic (exact) mass is 382 g/mol. The van der Waals surface area contributed by atoms with Gasteiger partial charge in [0.15, 0.2) is 5.16 Å². The quantitative estimate of drug-likeness (QED) is 0.468. The first-order chi connectivity index (χ1) is 13.2. The summed E-state index contributed by atoms with van der Waals surface area (Å²) in [4.78, 5) is 8.88. The van der Waals surface area contributed by atoms with Gasteiger partial charge in [0.25, 0.3) is 5.78 Å². The van der Waals surface area contributed by atoms with Gasteiger partial charge in [-0.2, -0.15) is 4.98 Å². The SMILES string of the molecule is CCOc1ccccc1-c1noc(CSc2nnc3nc(C)cc(C)n23)n1. The minimum Gasteiger partial charge on any atom is -0.493 e. The van der Waals surface area contributed by atoms with Crippen LogP contribution in [0, 0.1) is 13.8 Å². The number of para-hydroxylation sites is 1. The van der Waals surface area contributed by atoms with Crippen LogP contribution in [0.25, 0.3) is 17.2 Å². The summed E-state index contributed by atoms with van der Waals surface area (Å²) < 4.78 is 13.0. The fourth-order valence-electron chi connectivity index (χ4n) is 2.78. The van der Waals surface area contributed by atoms with E-state index in [2.05, 4.69) is 25.3 Å². The first kappa shape index (κ1) is 17.5. The summed E-state index contributed by atoms with van der Waals surface area (Å²) in [6, 6.07) is 9.64. The van der Waals surface area contributed by atoms with Gasteiger partial charge in [-0.1, -0.05) is 29.1 Å². The lowest BCUT2D eigenvalue weighted by molar-refractivity contribution is 0.341. The molecule has 0 aliphatic carbocycles. The van der Waals surface area contributed by atoms with Gasteiger partial charge in [0.05, 0.1) is 17.9 Å². The Morgan fingerprint density at radius 3 is 2.85 bits per heavy atom. The second-order valence-electron chi connectivity index (χ2n) is 5.89. The van der Waals surface area contributed by atoms with E-state index in [0.717, 1.165) is 27.9 Å². The van der Waals surface area contributed by atoms with Crippen molar-refractivity contribution in [3.8, 4) is 17.1 Å². The van der Waals surface area contributed by atoms with Gasteiger partial charge in [0, 0.05) is 11.4 Å². The fraction of sp³-hybridized carbons (Fsp3) is 0.278. The van der Waals surface area contributed by atoms with Gasteiger partial charge in [-0.15, -0.1) is 10.2 Å². The highest BCUT2D eigenvalue weighted by atomic mass is 32.2. The zero-order chi connectivity index (χ0) is 18.8. The number of benzene rings is 1. The van der Waals surface area contributed by atoms with Crippen LogP contribution in [-0.4, -0.2) is 36.3 Å². The molecular weight excluding hydrogens is 364 g/mol. The maximum Gasteiger partial charge on any atom is 0.256 e. The largest absolute Gasteiger partial charge is 0.493 e. The highest BCUT2D eigenvalue weighted by Gasteiger charge is 2.15. The Balaban J connectivity index is 1.54. The fourth-order valence-corrected chi connectivity index (χ4v) is 3.60. The molecule has 138 valence electrons. The van der Waals surface area contributed by atoms with Crippen LogP contribution in [0.1, 0.15) is 24.2 Å². The van der Waals surface area contributed by atoms with Crippen LogP contribution in [0.5, 0.6) is 5.75 Å². The molecule has 0 unspecified atom stereocenters. The molecule has 3 heterocycles. The van der Waals surface area contributed by atoms with Crippen molar-refractivity contribution in [3.05, 3.63) is 47.6 Å². The van der Waals surface area contributed by atoms with Gasteiger partial charge >= 0.3 is 0 Å². The lowest BCUT2D eigenvalue weighted by atomic mass is 10.2. The van der Waals surface area contributed by atoms with Gasteiger partial charge in [-0.25, -0.2) is 4.98 Å². The molecule has 0 amide bonds. The predicted octanol–water partition coefficient (Wildman–Crippen LogP) is 3.48. The van der Waals surface area contributed by atoms with Gasteiger partial charge in [-0.3, -0.25) is 4.40 Å². The molecule has 0 fully saturated rings. The summed E-state index contributed by atoms with van der Waals surface area (Å²) in [5.41, 5.74) is 2.75. The van der Waals surface area contributed by atoms with Crippen LogP contribution in [0.3, 0.4) is 0 Å². The van der Waals surface area contributed by atoms with E-state index in [1.165, 1.54) is 11.8 Å². The molecular formula is C18H18N6O2S. The summed E-state index contributed by atoms with van der Waals surface area (Å²) in [6.45, 7) is 6.46. The number of fused-ring (bicyclic) bond motifs is 1. The van der Waals surface area contributed by atoms with E-state index in [0.29, 0.717) is 29.9 Å². The Morgan fingerprint density at radius 2 is 2.00 bits per heavy atom. The van der Waals surface area contributed by atoms with Crippen molar-refractivity contribution in [2.75, 3.05) is 6.61 Å². The molecule has 0 radical (unpaired) electrons. The number of rotatable bonds is 6. The summed E-state index contributed by atoms with van der Waals surface area (Å²) in [7, 11) is 0. The molecule has 0 aliphatic heterocycles. The molecule has 4 aromatic rings. The number of hydrogen-bond donors (Lipinski definition) is 0. The second-order valence-corrected chi connectivity index (χ2v) is 6.83. The molecule has 0 spiro atoms. The van der Waals surface area contributed by atoms with Gasteiger partial charge in [0.1, 0.15) is 5.75 Å². The van der Waals surface area contributed by atoms with Crippen LogP contribution in [-0.2, 0) is 5.75 Å². The van der Waals surface area contributed by atoms with E-state index in [1.54, 1.807) is 0 Å². The van der Waals surface area contributed by atoms with E-state index < -0.39 is 0 Å². The highest BCUT2D eigenvalue weighted by Crippen LogP contribution is 2.29. The molecule has 0 aliphatic rings. The molecule has 0 bridgehead atoms. The van der Waals surface area contributed by atoms with Gasteiger partial charge < -0.3 is 9.26 Å². The third-order valence-corrected chi connectivity index (χ3v) is 4.80. The Kier molecular flexibility index (Phi) is 4.76. The molecule has 0 N–H and O–H groups in total. The van der Waals surface area contributed by atoms with Crippen LogP contribution in [0.4, 0.5) is 0 Å². The zero-order valence-electron chi connectivity index (χ0n) is 15.2. The predicted molar refractivity (Wildman–Crippen MR) is 101 cm³/mol. The van der Waals surface area contributed by atoms with Crippen molar-refractivity contribution in [3.63, 3.8) is 0 Å². The van der Waals surface area contributed by atoms with Crippen LogP contribution in [0.15, 0.2) is 40.0 Å². The molecule has 1 aromatic carbocycles. The van der Waals surface area contributed by atoms with Crippen LogP contribution in [0.2, 0.25) is 0 Å². The van der Waals surface area contributed by atoms with E-state index in [9.17, 15) is 0 Å². The topological polar surface area (TPSA) is 91.2 Å². The first-order valence-corrected chi connectivity index (χ1v) is 9.51. The summed E-state index contributed by atoms with van der Waals surface area (Å²) in [5, 5.41) is 13.2. The molecule has 0 saturated heterocycles. The van der Waals surface area contributed by atoms with E-state index in [1.807, 2.05) is 55.5 Å². The number of ether oxygens (including phenoxy) is 1. The van der Waals surface area contributed by atoms with Crippen LogP contribution < -0.4 is 4.74 Å². The highest BCUT2D eigenvalue weighted by molar-refractivity contribution is 7.98. The smallest absolute Gasteiger partial charge is 0.256 e. The van der Waals surface area contributed by atoms with Crippen molar-refractivity contribution >= 4 is 17.5 Å². The van der Waals surface area contributed by atoms with E-state index >= 15 is 0 Å². The minimum absolute atomic E-state index is 0.484. The standard InChI is InChI=1S/C18H18N6O2S/c1-4-25-14-8-6-5-7-13(14)16-20-15(26-23-16)10-27-18-22-21-17-19-11(2)9-12(3)24(17)18/h5-9H,4,10H2,1-3H3. The molecule has 8 nitrogen and oxygen atoms in total. The maximum atomic E-state index is 5.64. The summed E-state index contributed by atoms with van der Waals surface area (Å²) in [5.74, 6) is 2.83. The average molecular weight is 382 g/mol. The van der Waals surface area contributed by atoms with Crippen molar-refractivity contribution in [2.24, 2.45) is 0 Å². The van der Waals surface area contributed by atoms with Crippen molar-refractivity contribution in [2.45, 2.75) is 31.7 Å². The Bertz CT molecular complexity index is 1090. The molecule has 27 heavy (non-hydrogen) atoms. The van der Waals surface area contributed by atoms with Crippen molar-refractivity contribution in [1.29, 1.82) is 0 Å². The number of aromatic nitrogens is 6. The number of hydrogen-bond acceptors (Lipinski definition) is 8. The molecule has 4 rings (SSSR count). The van der Waals surface area contributed by atoms with Crippen molar-refractivity contribution < 1.29 is 9.26 Å². The second kappa shape index (κ2) is 7.36. The van der Waals surface area contributed by atoms with Crippen LogP contribution >= 0.6 is 11.8 Å².